The Labute approximate surface area is 102 Å². The third kappa shape index (κ3) is 7.52. The van der Waals surface area contributed by atoms with Crippen LogP contribution in [0, 0.1) is 0 Å². The summed E-state index contributed by atoms with van der Waals surface area (Å²) in [6.45, 7) is 3.85. The van der Waals surface area contributed by atoms with Crippen molar-refractivity contribution >= 4 is 11.9 Å². The van der Waals surface area contributed by atoms with E-state index in [1.807, 2.05) is 21.1 Å². The van der Waals surface area contributed by atoms with Gasteiger partial charge in [-0.3, -0.25) is 4.79 Å². The predicted molar refractivity (Wildman–Crippen MR) is 64.5 cm³/mol. The van der Waals surface area contributed by atoms with Crippen molar-refractivity contribution in [1.29, 1.82) is 0 Å². The van der Waals surface area contributed by atoms with E-state index in [4.69, 9.17) is 9.84 Å². The summed E-state index contributed by atoms with van der Waals surface area (Å²) in [5.41, 5.74) is 0.488. The molecule has 0 aromatic rings. The van der Waals surface area contributed by atoms with Crippen molar-refractivity contribution in [2.24, 2.45) is 0 Å². The summed E-state index contributed by atoms with van der Waals surface area (Å²) in [7, 11) is 5.77. The molecule has 0 amide bonds. The van der Waals surface area contributed by atoms with Gasteiger partial charge in [-0.25, -0.2) is 4.79 Å². The highest BCUT2D eigenvalue weighted by molar-refractivity contribution is 5.87. The van der Waals surface area contributed by atoms with E-state index in [1.54, 1.807) is 19.9 Å². The molecule has 0 aromatic carbocycles. The molecule has 0 aromatic heterocycles. The molecule has 0 saturated carbocycles. The minimum Gasteiger partial charge on any atom is -0.481 e. The first-order valence-corrected chi connectivity index (χ1v) is 5.52. The molecule has 1 N–H and O–H groups in total. The Morgan fingerprint density at radius 1 is 1.35 bits per heavy atom. The van der Waals surface area contributed by atoms with E-state index in [2.05, 4.69) is 0 Å². The monoisotopic (exact) mass is 244 g/mol. The van der Waals surface area contributed by atoms with Crippen LogP contribution in [0.2, 0.25) is 0 Å². The molecule has 98 valence electrons. The Hall–Kier alpha value is -1.36. The highest BCUT2D eigenvalue weighted by Gasteiger charge is 2.24. The van der Waals surface area contributed by atoms with Crippen LogP contribution in [0.3, 0.4) is 0 Å². The lowest BCUT2D eigenvalue weighted by Gasteiger charge is -2.28. The van der Waals surface area contributed by atoms with E-state index in [0.29, 0.717) is 16.6 Å². The van der Waals surface area contributed by atoms with Gasteiger partial charge < -0.3 is 14.3 Å². The van der Waals surface area contributed by atoms with Crippen molar-refractivity contribution in [2.45, 2.75) is 26.4 Å². The molecular weight excluding hydrogens is 222 g/mol. The van der Waals surface area contributed by atoms with E-state index < -0.39 is 18.0 Å². The maximum absolute atomic E-state index is 11.6. The van der Waals surface area contributed by atoms with Gasteiger partial charge >= 0.3 is 11.9 Å². The molecule has 0 bridgehead atoms. The fraction of sp³-hybridized carbons (Fsp3) is 0.667. The van der Waals surface area contributed by atoms with Crippen LogP contribution in [-0.4, -0.2) is 55.3 Å². The molecule has 1 atom stereocenters. The van der Waals surface area contributed by atoms with Crippen LogP contribution in [0.4, 0.5) is 0 Å². The van der Waals surface area contributed by atoms with Crippen molar-refractivity contribution in [3.8, 4) is 0 Å². The largest absolute Gasteiger partial charge is 0.481 e. The van der Waals surface area contributed by atoms with Gasteiger partial charge in [-0.1, -0.05) is 6.08 Å². The lowest BCUT2D eigenvalue weighted by molar-refractivity contribution is -0.873. The average molecular weight is 244 g/mol. The molecule has 0 aliphatic heterocycles. The van der Waals surface area contributed by atoms with Crippen LogP contribution in [0.25, 0.3) is 0 Å². The molecule has 5 nitrogen and oxygen atoms in total. The summed E-state index contributed by atoms with van der Waals surface area (Å²) in [5, 5.41) is 8.78. The number of carbonyl (C=O) groups is 2. The fourth-order valence-corrected chi connectivity index (χ4v) is 1.31. The first kappa shape index (κ1) is 15.6. The Morgan fingerprint density at radius 2 is 1.88 bits per heavy atom. The molecule has 0 aliphatic carbocycles. The molecule has 0 radical (unpaired) electrons. The van der Waals surface area contributed by atoms with Crippen molar-refractivity contribution < 1.29 is 23.9 Å². The van der Waals surface area contributed by atoms with E-state index >= 15 is 0 Å². The number of carboxylic acids is 1. The van der Waals surface area contributed by atoms with Gasteiger partial charge in [0.05, 0.1) is 27.6 Å². The number of carbonyl (C=O) groups excluding carboxylic acids is 1. The predicted octanol–water partition coefficient (Wildman–Crippen LogP) is 1.05. The van der Waals surface area contributed by atoms with Crippen LogP contribution in [0.15, 0.2) is 11.6 Å². The summed E-state index contributed by atoms with van der Waals surface area (Å²) >= 11 is 0. The van der Waals surface area contributed by atoms with Gasteiger partial charge in [-0.05, 0) is 13.8 Å². The van der Waals surface area contributed by atoms with E-state index in [9.17, 15) is 9.59 Å². The SMILES string of the molecule is CC=C(C)C(=O)O[C@H](CC(=O)O)C[N+](C)(C)C. The number of ether oxygens (including phenoxy) is 1. The smallest absolute Gasteiger partial charge is 0.333 e. The molecule has 0 saturated heterocycles. The number of likely N-dealkylation sites (N-methyl/N-ethyl adjacent to an activating group) is 1. The Morgan fingerprint density at radius 3 is 2.24 bits per heavy atom. The number of hydrogen-bond donors (Lipinski definition) is 1. The van der Waals surface area contributed by atoms with Gasteiger partial charge in [0.1, 0.15) is 6.54 Å². The first-order valence-electron chi connectivity index (χ1n) is 5.52. The van der Waals surface area contributed by atoms with Crippen LogP contribution >= 0.6 is 0 Å². The maximum atomic E-state index is 11.6. The second-order valence-corrected chi connectivity index (χ2v) is 5.07. The zero-order valence-corrected chi connectivity index (χ0v) is 11.2. The summed E-state index contributed by atoms with van der Waals surface area (Å²) in [6, 6.07) is 0. The number of rotatable bonds is 6. The van der Waals surface area contributed by atoms with Crippen LogP contribution in [0.1, 0.15) is 20.3 Å². The summed E-state index contributed by atoms with van der Waals surface area (Å²) in [6.07, 6.45) is 0.875. The average Bonchev–Trinajstić information content (AvgIpc) is 2.12. The Balaban J connectivity index is 4.60. The van der Waals surface area contributed by atoms with Crippen LogP contribution < -0.4 is 0 Å². The quantitative estimate of drug-likeness (QED) is 0.431. The van der Waals surface area contributed by atoms with Crippen LogP contribution in [-0.2, 0) is 14.3 Å². The van der Waals surface area contributed by atoms with Crippen molar-refractivity contribution in [1.82, 2.24) is 0 Å². The molecule has 0 spiro atoms. The zero-order valence-electron chi connectivity index (χ0n) is 11.2. The number of carboxylic acid groups (broad SMARTS) is 1. The first-order chi connectivity index (χ1) is 7.65. The number of nitrogens with zero attached hydrogens (tertiary/aromatic N) is 1. The molecule has 0 aliphatic rings. The highest BCUT2D eigenvalue weighted by atomic mass is 16.5. The molecule has 5 heteroatoms. The van der Waals surface area contributed by atoms with Crippen LogP contribution in [0.5, 0.6) is 0 Å². The van der Waals surface area contributed by atoms with Crippen molar-refractivity contribution in [3.63, 3.8) is 0 Å². The molecule has 17 heavy (non-hydrogen) atoms. The number of allylic oxidation sites excluding steroid dienone is 1. The second-order valence-electron chi connectivity index (χ2n) is 5.07. The van der Waals surface area contributed by atoms with Gasteiger partial charge in [0.2, 0.25) is 0 Å². The van der Waals surface area contributed by atoms with E-state index in [-0.39, 0.29) is 6.42 Å². The number of hydrogen-bond acceptors (Lipinski definition) is 3. The number of esters is 1. The normalized spacial score (nSPS) is 14.3. The summed E-state index contributed by atoms with van der Waals surface area (Å²) < 4.78 is 5.73. The second kappa shape index (κ2) is 6.39. The maximum Gasteiger partial charge on any atom is 0.333 e. The zero-order chi connectivity index (χ0) is 13.6. The van der Waals surface area contributed by atoms with Gasteiger partial charge in [0.25, 0.3) is 0 Å². The number of aliphatic carboxylic acids is 1. The van der Waals surface area contributed by atoms with Gasteiger partial charge in [-0.15, -0.1) is 0 Å². The molecule has 0 rings (SSSR count). The van der Waals surface area contributed by atoms with Gasteiger partial charge in [-0.2, -0.15) is 0 Å². The molecule has 0 heterocycles. The number of quaternary nitrogens is 1. The molecule has 0 fully saturated rings. The summed E-state index contributed by atoms with van der Waals surface area (Å²) in [4.78, 5) is 22.3. The highest BCUT2D eigenvalue weighted by Crippen LogP contribution is 2.08. The standard InChI is InChI=1S/C12H21NO4/c1-6-9(2)12(16)17-10(7-11(14)15)8-13(3,4)5/h6,10H,7-8H2,1-5H3/p+1/t10-/m1/s1. The Kier molecular flexibility index (Phi) is 5.88. The van der Waals surface area contributed by atoms with Crippen molar-refractivity contribution in [2.75, 3.05) is 27.7 Å². The third-order valence-corrected chi connectivity index (χ3v) is 2.18. The lowest BCUT2D eigenvalue weighted by atomic mass is 10.2. The Bertz CT molecular complexity index is 315. The van der Waals surface area contributed by atoms with E-state index in [0.717, 1.165) is 0 Å². The lowest BCUT2D eigenvalue weighted by Crippen LogP contribution is -2.43. The summed E-state index contributed by atoms with van der Waals surface area (Å²) in [5.74, 6) is -1.42. The molecule has 0 unspecified atom stereocenters. The minimum atomic E-state index is -0.964. The fourth-order valence-electron chi connectivity index (χ4n) is 1.31. The van der Waals surface area contributed by atoms with Gasteiger partial charge in [0.15, 0.2) is 6.10 Å². The molecular formula is C12H22NO4+. The van der Waals surface area contributed by atoms with Gasteiger partial charge in [0, 0.05) is 5.57 Å². The third-order valence-electron chi connectivity index (χ3n) is 2.18. The minimum absolute atomic E-state index is 0.168. The topological polar surface area (TPSA) is 63.6 Å². The van der Waals surface area contributed by atoms with E-state index in [1.165, 1.54) is 0 Å². The van der Waals surface area contributed by atoms with Crippen molar-refractivity contribution in [3.05, 3.63) is 11.6 Å².